The fourth-order valence-electron chi connectivity index (χ4n) is 2.36. The van der Waals surface area contributed by atoms with Gasteiger partial charge in [0, 0.05) is 6.54 Å². The second kappa shape index (κ2) is 5.34. The summed E-state index contributed by atoms with van der Waals surface area (Å²) in [7, 11) is 0. The van der Waals surface area contributed by atoms with Gasteiger partial charge in [-0.1, -0.05) is 60.7 Å². The largest absolute Gasteiger partial charge is 0.370 e. The standard InChI is InChI=1S/C16H17NO/c1-3-7-13(8-4-1)15-12-18-16(11-17-15)14-9-5-2-6-10-14/h1-10,15-17H,11-12H2/t15-,16+/m1/s1. The molecule has 0 aromatic heterocycles. The third kappa shape index (κ3) is 2.45. The lowest BCUT2D eigenvalue weighted by molar-refractivity contribution is 0.00238. The maximum atomic E-state index is 5.97. The van der Waals surface area contributed by atoms with Gasteiger partial charge in [0.1, 0.15) is 0 Å². The first-order valence-corrected chi connectivity index (χ1v) is 6.38. The normalized spacial score (nSPS) is 23.8. The molecule has 2 heteroatoms. The Labute approximate surface area is 108 Å². The smallest absolute Gasteiger partial charge is 0.0950 e. The predicted octanol–water partition coefficient (Wildman–Crippen LogP) is 3.09. The fraction of sp³-hybridized carbons (Fsp3) is 0.250. The van der Waals surface area contributed by atoms with E-state index in [2.05, 4.69) is 53.8 Å². The summed E-state index contributed by atoms with van der Waals surface area (Å²) in [5, 5.41) is 3.56. The zero-order chi connectivity index (χ0) is 12.2. The molecule has 1 heterocycles. The lowest BCUT2D eigenvalue weighted by Gasteiger charge is -2.31. The summed E-state index contributed by atoms with van der Waals surface area (Å²) in [5.41, 5.74) is 2.54. The van der Waals surface area contributed by atoms with Crippen LogP contribution in [0.4, 0.5) is 0 Å². The molecule has 0 spiro atoms. The third-order valence-corrected chi connectivity index (χ3v) is 3.39. The second-order valence-corrected chi connectivity index (χ2v) is 4.60. The Morgan fingerprint density at radius 2 is 1.44 bits per heavy atom. The number of ether oxygens (including phenoxy) is 1. The molecule has 0 saturated carbocycles. The van der Waals surface area contributed by atoms with Crippen LogP contribution in [0.5, 0.6) is 0 Å². The molecule has 0 aliphatic carbocycles. The van der Waals surface area contributed by atoms with Crippen LogP contribution in [-0.2, 0) is 4.74 Å². The molecule has 3 rings (SSSR count). The van der Waals surface area contributed by atoms with Gasteiger partial charge in [-0.05, 0) is 11.1 Å². The lowest BCUT2D eigenvalue weighted by Crippen LogP contribution is -2.36. The van der Waals surface area contributed by atoms with Crippen LogP contribution in [0.3, 0.4) is 0 Å². The molecule has 2 atom stereocenters. The van der Waals surface area contributed by atoms with Gasteiger partial charge in [-0.2, -0.15) is 0 Å². The quantitative estimate of drug-likeness (QED) is 0.869. The molecule has 2 nitrogen and oxygen atoms in total. The molecule has 0 radical (unpaired) electrons. The molecule has 18 heavy (non-hydrogen) atoms. The van der Waals surface area contributed by atoms with Crippen LogP contribution >= 0.6 is 0 Å². The van der Waals surface area contributed by atoms with Gasteiger partial charge in [0.05, 0.1) is 18.8 Å². The van der Waals surface area contributed by atoms with E-state index in [0.717, 1.165) is 13.2 Å². The highest BCUT2D eigenvalue weighted by atomic mass is 16.5. The van der Waals surface area contributed by atoms with E-state index in [1.54, 1.807) is 0 Å². The van der Waals surface area contributed by atoms with Crippen LogP contribution in [-0.4, -0.2) is 13.2 Å². The summed E-state index contributed by atoms with van der Waals surface area (Å²) in [5.74, 6) is 0. The van der Waals surface area contributed by atoms with Crippen molar-refractivity contribution in [2.24, 2.45) is 0 Å². The monoisotopic (exact) mass is 239 g/mol. The maximum absolute atomic E-state index is 5.97. The zero-order valence-corrected chi connectivity index (χ0v) is 10.3. The van der Waals surface area contributed by atoms with Gasteiger partial charge in [0.25, 0.3) is 0 Å². The molecule has 1 saturated heterocycles. The summed E-state index contributed by atoms with van der Waals surface area (Å²) in [6.45, 7) is 1.59. The number of hydrogen-bond donors (Lipinski definition) is 1. The summed E-state index contributed by atoms with van der Waals surface area (Å²) in [6.07, 6.45) is 0.172. The molecular weight excluding hydrogens is 222 g/mol. The van der Waals surface area contributed by atoms with Crippen molar-refractivity contribution in [1.82, 2.24) is 5.32 Å². The van der Waals surface area contributed by atoms with Crippen LogP contribution < -0.4 is 5.32 Å². The molecule has 0 amide bonds. The van der Waals surface area contributed by atoms with Crippen molar-refractivity contribution in [1.29, 1.82) is 0 Å². The molecule has 1 aliphatic heterocycles. The van der Waals surface area contributed by atoms with E-state index in [0.29, 0.717) is 6.04 Å². The van der Waals surface area contributed by atoms with E-state index in [-0.39, 0.29) is 6.10 Å². The minimum atomic E-state index is 0.172. The first-order chi connectivity index (χ1) is 8.93. The number of benzene rings is 2. The minimum Gasteiger partial charge on any atom is -0.370 e. The average Bonchev–Trinajstić information content (AvgIpc) is 2.49. The van der Waals surface area contributed by atoms with Gasteiger partial charge in [-0.25, -0.2) is 0 Å². The molecule has 1 N–H and O–H groups in total. The van der Waals surface area contributed by atoms with Crippen molar-refractivity contribution in [3.05, 3.63) is 71.8 Å². The van der Waals surface area contributed by atoms with Gasteiger partial charge in [0.15, 0.2) is 0 Å². The molecule has 1 aliphatic rings. The Balaban J connectivity index is 1.65. The highest BCUT2D eigenvalue weighted by molar-refractivity contribution is 5.22. The van der Waals surface area contributed by atoms with Crippen molar-refractivity contribution in [3.8, 4) is 0 Å². The van der Waals surface area contributed by atoms with E-state index in [1.165, 1.54) is 11.1 Å². The Morgan fingerprint density at radius 1 is 0.833 bits per heavy atom. The molecule has 0 bridgehead atoms. The van der Waals surface area contributed by atoms with Gasteiger partial charge in [0.2, 0.25) is 0 Å². The van der Waals surface area contributed by atoms with Crippen LogP contribution in [0.15, 0.2) is 60.7 Å². The van der Waals surface area contributed by atoms with Crippen molar-refractivity contribution in [3.63, 3.8) is 0 Å². The van der Waals surface area contributed by atoms with Crippen LogP contribution in [0.2, 0.25) is 0 Å². The number of nitrogens with one attached hydrogen (secondary N) is 1. The third-order valence-electron chi connectivity index (χ3n) is 3.39. The SMILES string of the molecule is c1ccc([C@@H]2CN[C@@H](c3ccccc3)CO2)cc1. The molecule has 1 fully saturated rings. The highest BCUT2D eigenvalue weighted by Crippen LogP contribution is 2.25. The zero-order valence-electron chi connectivity index (χ0n) is 10.3. The van der Waals surface area contributed by atoms with Gasteiger partial charge in [-0.3, -0.25) is 0 Å². The summed E-state index contributed by atoms with van der Waals surface area (Å²) in [6, 6.07) is 21.2. The van der Waals surface area contributed by atoms with Crippen LogP contribution in [0.25, 0.3) is 0 Å². The molecule has 2 aromatic rings. The maximum Gasteiger partial charge on any atom is 0.0950 e. The summed E-state index contributed by atoms with van der Waals surface area (Å²) >= 11 is 0. The molecule has 92 valence electrons. The van der Waals surface area contributed by atoms with Crippen LogP contribution in [0, 0.1) is 0 Å². The lowest BCUT2D eigenvalue weighted by atomic mass is 10.0. The summed E-state index contributed by atoms with van der Waals surface area (Å²) < 4.78 is 5.97. The van der Waals surface area contributed by atoms with E-state index in [9.17, 15) is 0 Å². The summed E-state index contributed by atoms with van der Waals surface area (Å²) in [4.78, 5) is 0. The van der Waals surface area contributed by atoms with E-state index >= 15 is 0 Å². The highest BCUT2D eigenvalue weighted by Gasteiger charge is 2.22. The number of morpholine rings is 1. The van der Waals surface area contributed by atoms with E-state index in [1.807, 2.05) is 12.1 Å². The topological polar surface area (TPSA) is 21.3 Å². The first-order valence-electron chi connectivity index (χ1n) is 6.38. The van der Waals surface area contributed by atoms with Crippen molar-refractivity contribution in [2.45, 2.75) is 12.1 Å². The molecule has 0 unspecified atom stereocenters. The molecular formula is C16H17NO. The minimum absolute atomic E-state index is 0.172. The van der Waals surface area contributed by atoms with E-state index < -0.39 is 0 Å². The van der Waals surface area contributed by atoms with Crippen molar-refractivity contribution in [2.75, 3.05) is 13.2 Å². The fourth-order valence-corrected chi connectivity index (χ4v) is 2.36. The average molecular weight is 239 g/mol. The first kappa shape index (κ1) is 11.5. The number of rotatable bonds is 2. The van der Waals surface area contributed by atoms with Crippen LogP contribution in [0.1, 0.15) is 23.3 Å². The predicted molar refractivity (Wildman–Crippen MR) is 72.3 cm³/mol. The van der Waals surface area contributed by atoms with Crippen molar-refractivity contribution >= 4 is 0 Å². The Bertz CT molecular complexity index is 427. The molecule has 2 aromatic carbocycles. The van der Waals surface area contributed by atoms with Gasteiger partial charge >= 0.3 is 0 Å². The van der Waals surface area contributed by atoms with E-state index in [4.69, 9.17) is 4.74 Å². The second-order valence-electron chi connectivity index (χ2n) is 4.60. The number of hydrogen-bond acceptors (Lipinski definition) is 2. The Kier molecular flexibility index (Phi) is 3.40. The van der Waals surface area contributed by atoms with Gasteiger partial charge in [-0.15, -0.1) is 0 Å². The Morgan fingerprint density at radius 3 is 2.00 bits per heavy atom. The Hall–Kier alpha value is -1.64. The van der Waals surface area contributed by atoms with Crippen molar-refractivity contribution < 1.29 is 4.74 Å². The van der Waals surface area contributed by atoms with Gasteiger partial charge < -0.3 is 10.1 Å².